The van der Waals surface area contributed by atoms with Crippen molar-refractivity contribution >= 4 is 35.0 Å². The summed E-state index contributed by atoms with van der Waals surface area (Å²) in [6, 6.07) is 9.58. The molecule has 8 heteroatoms. The van der Waals surface area contributed by atoms with Gasteiger partial charge in [0.05, 0.1) is 31.2 Å². The number of methoxy groups -OCH3 is 2. The number of carbonyl (C=O) groups excluding carboxylic acids is 2. The zero-order valence-electron chi connectivity index (χ0n) is 13.6. The molecule has 0 bridgehead atoms. The number of hydrogen-bond acceptors (Lipinski definition) is 4. The van der Waals surface area contributed by atoms with Gasteiger partial charge in [-0.15, -0.1) is 0 Å². The van der Waals surface area contributed by atoms with Crippen LogP contribution in [-0.4, -0.2) is 26.0 Å². The highest BCUT2D eigenvalue weighted by molar-refractivity contribution is 6.36. The minimum absolute atomic E-state index is 0.0506. The fraction of sp³-hybridized carbons (Fsp3) is 0.176. The highest BCUT2D eigenvalue weighted by atomic mass is 35.5. The molecule has 0 unspecified atom stereocenters. The normalized spacial score (nSPS) is 10.1. The van der Waals surface area contributed by atoms with Crippen molar-refractivity contribution in [2.75, 3.05) is 14.2 Å². The van der Waals surface area contributed by atoms with Crippen molar-refractivity contribution < 1.29 is 19.1 Å². The van der Waals surface area contributed by atoms with Crippen molar-refractivity contribution in [2.45, 2.75) is 6.42 Å². The Morgan fingerprint density at radius 3 is 2.32 bits per heavy atom. The number of carbonyl (C=O) groups is 2. The molecular formula is C17H16Cl2N2O4. The van der Waals surface area contributed by atoms with Crippen LogP contribution in [0.3, 0.4) is 0 Å². The molecule has 132 valence electrons. The summed E-state index contributed by atoms with van der Waals surface area (Å²) in [5.41, 5.74) is 5.55. The summed E-state index contributed by atoms with van der Waals surface area (Å²) in [4.78, 5) is 24.0. The van der Waals surface area contributed by atoms with E-state index in [-0.39, 0.29) is 17.0 Å². The van der Waals surface area contributed by atoms with Crippen molar-refractivity contribution in [3.63, 3.8) is 0 Å². The summed E-state index contributed by atoms with van der Waals surface area (Å²) < 4.78 is 10.3. The van der Waals surface area contributed by atoms with E-state index in [9.17, 15) is 9.59 Å². The predicted molar refractivity (Wildman–Crippen MR) is 95.3 cm³/mol. The number of ether oxygens (including phenoxy) is 2. The van der Waals surface area contributed by atoms with Gasteiger partial charge in [-0.2, -0.15) is 0 Å². The van der Waals surface area contributed by atoms with Gasteiger partial charge in [0.1, 0.15) is 0 Å². The van der Waals surface area contributed by atoms with E-state index in [0.717, 1.165) is 0 Å². The van der Waals surface area contributed by atoms with Crippen molar-refractivity contribution in [1.29, 1.82) is 0 Å². The lowest BCUT2D eigenvalue weighted by Crippen LogP contribution is -2.42. The summed E-state index contributed by atoms with van der Waals surface area (Å²) in [5.74, 6) is 0.148. The van der Waals surface area contributed by atoms with Gasteiger partial charge in [0.25, 0.3) is 5.91 Å². The summed E-state index contributed by atoms with van der Waals surface area (Å²) in [6.07, 6.45) is 0.0506. The number of amides is 2. The van der Waals surface area contributed by atoms with Gasteiger partial charge in [-0.3, -0.25) is 20.4 Å². The van der Waals surface area contributed by atoms with Gasteiger partial charge >= 0.3 is 0 Å². The first-order chi connectivity index (χ1) is 11.9. The highest BCUT2D eigenvalue weighted by Crippen LogP contribution is 2.27. The van der Waals surface area contributed by atoms with Crippen LogP contribution in [0, 0.1) is 0 Å². The van der Waals surface area contributed by atoms with Gasteiger partial charge in [0.15, 0.2) is 11.5 Å². The van der Waals surface area contributed by atoms with Gasteiger partial charge < -0.3 is 9.47 Å². The third-order valence-corrected chi connectivity index (χ3v) is 3.85. The maximum atomic E-state index is 12.0. The first kappa shape index (κ1) is 18.9. The molecule has 0 fully saturated rings. The predicted octanol–water partition coefficient (Wildman–Crippen LogP) is 3.01. The third-order valence-electron chi connectivity index (χ3n) is 3.30. The quantitative estimate of drug-likeness (QED) is 0.779. The zero-order chi connectivity index (χ0) is 18.4. The molecule has 0 aliphatic rings. The van der Waals surface area contributed by atoms with E-state index in [0.29, 0.717) is 22.1 Å². The average Bonchev–Trinajstić information content (AvgIpc) is 2.59. The molecule has 0 spiro atoms. The standard InChI is InChI=1S/C17H16Cl2N2O4/c1-24-14-6-3-10(7-15(14)25-2)8-16(22)20-21-17(23)12-5-4-11(18)9-13(12)19/h3-7,9H,8H2,1-2H3,(H,20,22)(H,21,23). The van der Waals surface area contributed by atoms with Gasteiger partial charge in [-0.1, -0.05) is 29.3 Å². The molecule has 2 rings (SSSR count). The maximum absolute atomic E-state index is 12.0. The molecule has 0 heterocycles. The Kier molecular flexibility index (Phi) is 6.50. The van der Waals surface area contributed by atoms with Crippen molar-refractivity contribution in [3.8, 4) is 11.5 Å². The van der Waals surface area contributed by atoms with Crippen LogP contribution in [0.4, 0.5) is 0 Å². The summed E-state index contributed by atoms with van der Waals surface area (Å²) in [5, 5.41) is 0.609. The summed E-state index contributed by atoms with van der Waals surface area (Å²) in [6.45, 7) is 0. The summed E-state index contributed by atoms with van der Waals surface area (Å²) in [7, 11) is 3.04. The Bertz CT molecular complexity index is 796. The molecule has 2 amide bonds. The molecule has 0 radical (unpaired) electrons. The van der Waals surface area contributed by atoms with E-state index in [1.807, 2.05) is 0 Å². The van der Waals surface area contributed by atoms with Crippen LogP contribution in [0.25, 0.3) is 0 Å². The number of rotatable bonds is 5. The van der Waals surface area contributed by atoms with E-state index < -0.39 is 11.8 Å². The molecule has 6 nitrogen and oxygen atoms in total. The minimum atomic E-state index is -0.540. The average molecular weight is 383 g/mol. The van der Waals surface area contributed by atoms with Crippen LogP contribution in [-0.2, 0) is 11.2 Å². The topological polar surface area (TPSA) is 76.7 Å². The molecular weight excluding hydrogens is 367 g/mol. The van der Waals surface area contributed by atoms with Crippen molar-refractivity contribution in [2.24, 2.45) is 0 Å². The smallest absolute Gasteiger partial charge is 0.271 e. The van der Waals surface area contributed by atoms with Crippen LogP contribution >= 0.6 is 23.2 Å². The van der Waals surface area contributed by atoms with E-state index in [4.69, 9.17) is 32.7 Å². The molecule has 2 aromatic rings. The number of benzene rings is 2. The first-order valence-electron chi connectivity index (χ1n) is 7.19. The highest BCUT2D eigenvalue weighted by Gasteiger charge is 2.13. The Labute approximate surface area is 155 Å². The molecule has 2 N–H and O–H groups in total. The number of hydrogen-bond donors (Lipinski definition) is 2. The van der Waals surface area contributed by atoms with E-state index in [1.54, 1.807) is 18.2 Å². The molecule has 0 aliphatic heterocycles. The zero-order valence-corrected chi connectivity index (χ0v) is 15.1. The second-order valence-electron chi connectivity index (χ2n) is 4.99. The molecule has 0 saturated carbocycles. The minimum Gasteiger partial charge on any atom is -0.493 e. The summed E-state index contributed by atoms with van der Waals surface area (Å²) >= 11 is 11.7. The van der Waals surface area contributed by atoms with Crippen LogP contribution in [0.5, 0.6) is 11.5 Å². The Morgan fingerprint density at radius 1 is 0.960 bits per heavy atom. The van der Waals surface area contributed by atoms with Gasteiger partial charge in [0.2, 0.25) is 5.91 Å². The van der Waals surface area contributed by atoms with Crippen LogP contribution in [0.15, 0.2) is 36.4 Å². The second-order valence-corrected chi connectivity index (χ2v) is 5.84. The Balaban J connectivity index is 1.95. The molecule has 0 saturated heterocycles. The Morgan fingerprint density at radius 2 is 1.68 bits per heavy atom. The van der Waals surface area contributed by atoms with Gasteiger partial charge in [0, 0.05) is 5.02 Å². The SMILES string of the molecule is COc1ccc(CC(=O)NNC(=O)c2ccc(Cl)cc2Cl)cc1OC. The second kappa shape index (κ2) is 8.60. The van der Waals surface area contributed by atoms with E-state index in [2.05, 4.69) is 10.9 Å². The molecule has 25 heavy (non-hydrogen) atoms. The molecule has 0 aliphatic carbocycles. The lowest BCUT2D eigenvalue weighted by molar-refractivity contribution is -0.121. The van der Waals surface area contributed by atoms with Crippen LogP contribution < -0.4 is 20.3 Å². The Hall–Kier alpha value is -2.44. The number of nitrogens with one attached hydrogen (secondary N) is 2. The fourth-order valence-corrected chi connectivity index (χ4v) is 2.58. The number of hydrazine groups is 1. The molecule has 0 atom stereocenters. The first-order valence-corrected chi connectivity index (χ1v) is 7.95. The molecule has 2 aromatic carbocycles. The van der Waals surface area contributed by atoms with Crippen LogP contribution in [0.1, 0.15) is 15.9 Å². The van der Waals surface area contributed by atoms with Crippen molar-refractivity contribution in [1.82, 2.24) is 10.9 Å². The largest absolute Gasteiger partial charge is 0.493 e. The van der Waals surface area contributed by atoms with E-state index >= 15 is 0 Å². The molecule has 0 aromatic heterocycles. The van der Waals surface area contributed by atoms with Gasteiger partial charge in [-0.05, 0) is 35.9 Å². The lowest BCUT2D eigenvalue weighted by Gasteiger charge is -2.11. The fourth-order valence-electron chi connectivity index (χ4n) is 2.09. The van der Waals surface area contributed by atoms with Crippen LogP contribution in [0.2, 0.25) is 10.0 Å². The van der Waals surface area contributed by atoms with Crippen molar-refractivity contribution in [3.05, 3.63) is 57.6 Å². The maximum Gasteiger partial charge on any atom is 0.271 e. The number of halogens is 2. The third kappa shape index (κ3) is 5.01. The monoisotopic (exact) mass is 382 g/mol. The van der Waals surface area contributed by atoms with Gasteiger partial charge in [-0.25, -0.2) is 0 Å². The van der Waals surface area contributed by atoms with E-state index in [1.165, 1.54) is 32.4 Å². The lowest BCUT2D eigenvalue weighted by atomic mass is 10.1.